The lowest BCUT2D eigenvalue weighted by molar-refractivity contribution is 0.672. The number of anilines is 1. The zero-order chi connectivity index (χ0) is 16.4. The maximum atomic E-state index is 4.26. The smallest absolute Gasteiger partial charge is 0.137 e. The van der Waals surface area contributed by atoms with E-state index in [2.05, 4.69) is 88.1 Å². The van der Waals surface area contributed by atoms with Crippen LogP contribution in [0.2, 0.25) is 0 Å². The molecule has 1 aromatic heterocycles. The van der Waals surface area contributed by atoms with E-state index in [-0.39, 0.29) is 23.1 Å². The fraction of sp³-hybridized carbons (Fsp3) is 0.105. The Balaban J connectivity index is 0.00000182. The first-order chi connectivity index (χ1) is 11.8. The van der Waals surface area contributed by atoms with Gasteiger partial charge in [-0.2, -0.15) is 5.10 Å². The second kappa shape index (κ2) is 7.68. The van der Waals surface area contributed by atoms with Gasteiger partial charge in [-0.05, 0) is 42.1 Å². The van der Waals surface area contributed by atoms with Crippen molar-refractivity contribution in [1.29, 1.82) is 0 Å². The Bertz CT molecular complexity index is 890. The van der Waals surface area contributed by atoms with Gasteiger partial charge in [0, 0.05) is 4.90 Å². The van der Waals surface area contributed by atoms with E-state index in [0.29, 0.717) is 6.54 Å². The largest absolute Gasteiger partial charge is 0.288 e. The minimum atomic E-state index is -0.120. The molecule has 1 unspecified atom stereocenters. The Morgan fingerprint density at radius 1 is 0.960 bits per heavy atom. The fourth-order valence-corrected chi connectivity index (χ4v) is 5.09. The summed E-state index contributed by atoms with van der Waals surface area (Å²) in [6.45, 7) is 2.92. The Labute approximate surface area is 156 Å². The van der Waals surface area contributed by atoms with Crippen LogP contribution >= 0.6 is 23.1 Å². The van der Waals surface area contributed by atoms with Crippen molar-refractivity contribution in [3.63, 3.8) is 0 Å². The average molecular weight is 371 g/mol. The van der Waals surface area contributed by atoms with Crippen molar-refractivity contribution in [1.82, 2.24) is 14.8 Å². The summed E-state index contributed by atoms with van der Waals surface area (Å²) in [6, 6.07) is 21.2. The molecule has 1 atom stereocenters. The minimum absolute atomic E-state index is 0. The van der Waals surface area contributed by atoms with Crippen LogP contribution < -0.4 is 4.31 Å². The molecule has 0 fully saturated rings. The van der Waals surface area contributed by atoms with E-state index in [1.54, 1.807) is 12.7 Å². The number of allylic oxidation sites excluding steroid dienone is 2. The Hall–Kier alpha value is -2.37. The minimum Gasteiger partial charge on any atom is -0.288 e. The SMILES string of the molecule is CC1=S(c2ccccc2)N(c2ccccc2)C(Cn2cncn2)=C1.Cl. The molecule has 0 saturated carbocycles. The fourth-order valence-electron chi connectivity index (χ4n) is 2.88. The first-order valence-corrected chi connectivity index (χ1v) is 9.02. The first-order valence-electron chi connectivity index (χ1n) is 7.84. The molecule has 128 valence electrons. The molecule has 0 bridgehead atoms. The van der Waals surface area contributed by atoms with Gasteiger partial charge in [0.25, 0.3) is 0 Å². The monoisotopic (exact) mass is 370 g/mol. The second-order valence-electron chi connectivity index (χ2n) is 5.57. The van der Waals surface area contributed by atoms with Crippen molar-refractivity contribution < 1.29 is 0 Å². The van der Waals surface area contributed by atoms with Gasteiger partial charge >= 0.3 is 0 Å². The molecule has 1 aliphatic heterocycles. The Morgan fingerprint density at radius 3 is 2.28 bits per heavy atom. The third-order valence-electron chi connectivity index (χ3n) is 3.87. The van der Waals surface area contributed by atoms with Crippen LogP contribution in [0.1, 0.15) is 6.92 Å². The summed E-state index contributed by atoms with van der Waals surface area (Å²) in [4.78, 5) is 6.74. The van der Waals surface area contributed by atoms with Crippen LogP contribution in [0.5, 0.6) is 0 Å². The molecular formula is C19H19ClN4S. The molecule has 0 saturated heterocycles. The van der Waals surface area contributed by atoms with Crippen LogP contribution in [0.15, 0.2) is 90.0 Å². The van der Waals surface area contributed by atoms with E-state index in [9.17, 15) is 0 Å². The average Bonchev–Trinajstić information content (AvgIpc) is 3.24. The molecule has 2 aromatic carbocycles. The Kier molecular flexibility index (Phi) is 5.36. The molecule has 4 nitrogen and oxygen atoms in total. The number of aromatic nitrogens is 3. The van der Waals surface area contributed by atoms with E-state index >= 15 is 0 Å². The van der Waals surface area contributed by atoms with Crippen LogP contribution in [0.3, 0.4) is 0 Å². The highest BCUT2D eigenvalue weighted by molar-refractivity contribution is 8.17. The lowest BCUT2D eigenvalue weighted by Gasteiger charge is -2.27. The predicted octanol–water partition coefficient (Wildman–Crippen LogP) is 4.54. The summed E-state index contributed by atoms with van der Waals surface area (Å²) in [7, 11) is -0.120. The van der Waals surface area contributed by atoms with Gasteiger partial charge < -0.3 is 0 Å². The standard InChI is InChI=1S/C19H18N4S.ClH/c1-16-12-18(13-22-15-20-14-21-22)23(17-8-4-2-5-9-17)24(16)19-10-6-3-7-11-19;/h2-12,14-15H,13H2,1H3;1H. The van der Waals surface area contributed by atoms with Crippen molar-refractivity contribution in [3.8, 4) is 0 Å². The molecule has 0 radical (unpaired) electrons. The number of nitrogens with zero attached hydrogens (tertiary/aromatic N) is 4. The lowest BCUT2D eigenvalue weighted by Crippen LogP contribution is -2.18. The topological polar surface area (TPSA) is 34.0 Å². The van der Waals surface area contributed by atoms with E-state index < -0.39 is 0 Å². The number of hydrogen-bond donors (Lipinski definition) is 0. The molecule has 25 heavy (non-hydrogen) atoms. The van der Waals surface area contributed by atoms with Crippen molar-refractivity contribution in [3.05, 3.63) is 85.1 Å². The van der Waals surface area contributed by atoms with Gasteiger partial charge in [-0.3, -0.25) is 4.31 Å². The molecule has 0 amide bonds. The zero-order valence-corrected chi connectivity index (χ0v) is 15.5. The van der Waals surface area contributed by atoms with Gasteiger partial charge in [0.2, 0.25) is 0 Å². The molecule has 3 aromatic rings. The summed E-state index contributed by atoms with van der Waals surface area (Å²) in [6.07, 6.45) is 5.62. The summed E-state index contributed by atoms with van der Waals surface area (Å²) >= 11 is 0. The van der Waals surface area contributed by atoms with E-state index in [0.717, 1.165) is 0 Å². The molecule has 4 rings (SSSR count). The van der Waals surface area contributed by atoms with Gasteiger partial charge in [-0.15, -0.1) is 12.4 Å². The first kappa shape index (κ1) is 17.5. The molecule has 2 heterocycles. The molecule has 0 N–H and O–H groups in total. The Morgan fingerprint density at radius 2 is 1.64 bits per heavy atom. The molecule has 0 aliphatic carbocycles. The summed E-state index contributed by atoms with van der Waals surface area (Å²) in [5.41, 5.74) is 2.43. The van der Waals surface area contributed by atoms with Crippen molar-refractivity contribution >= 4 is 33.6 Å². The normalized spacial score (nSPS) is 16.5. The molecule has 1 aliphatic rings. The van der Waals surface area contributed by atoms with Crippen molar-refractivity contribution in [2.24, 2.45) is 0 Å². The highest BCUT2D eigenvalue weighted by atomic mass is 35.5. The molecular weight excluding hydrogens is 352 g/mol. The zero-order valence-electron chi connectivity index (χ0n) is 13.8. The third kappa shape index (κ3) is 3.52. The highest BCUT2D eigenvalue weighted by Crippen LogP contribution is 2.43. The van der Waals surface area contributed by atoms with Crippen molar-refractivity contribution in [2.75, 3.05) is 4.31 Å². The second-order valence-corrected chi connectivity index (χ2v) is 7.62. The van der Waals surface area contributed by atoms with E-state index in [1.165, 1.54) is 21.1 Å². The van der Waals surface area contributed by atoms with Crippen LogP contribution in [0, 0.1) is 0 Å². The van der Waals surface area contributed by atoms with E-state index in [4.69, 9.17) is 0 Å². The van der Waals surface area contributed by atoms with Gasteiger partial charge in [0.05, 0.1) is 17.9 Å². The molecule has 0 spiro atoms. The number of para-hydroxylation sites is 1. The quantitative estimate of drug-likeness (QED) is 0.632. The number of benzene rings is 2. The summed E-state index contributed by atoms with van der Waals surface area (Å²) in [5.74, 6) is 0. The van der Waals surface area contributed by atoms with Gasteiger partial charge in [0.15, 0.2) is 0 Å². The number of hydrogen-bond acceptors (Lipinski definition) is 3. The van der Waals surface area contributed by atoms with E-state index in [1.807, 2.05) is 4.68 Å². The maximum absolute atomic E-state index is 4.26. The number of halogens is 1. The maximum Gasteiger partial charge on any atom is 0.137 e. The van der Waals surface area contributed by atoms with Gasteiger partial charge in [-0.1, -0.05) is 47.1 Å². The van der Waals surface area contributed by atoms with Gasteiger partial charge in [0.1, 0.15) is 12.7 Å². The van der Waals surface area contributed by atoms with Gasteiger partial charge in [-0.25, -0.2) is 9.67 Å². The van der Waals surface area contributed by atoms with Crippen molar-refractivity contribution in [2.45, 2.75) is 18.4 Å². The third-order valence-corrected chi connectivity index (χ3v) is 6.12. The summed E-state index contributed by atoms with van der Waals surface area (Å²) in [5, 5.41) is 4.26. The van der Waals surface area contributed by atoms with Crippen LogP contribution in [0.4, 0.5) is 5.69 Å². The number of rotatable bonds is 4. The highest BCUT2D eigenvalue weighted by Gasteiger charge is 2.24. The van der Waals surface area contributed by atoms with Crippen LogP contribution in [-0.4, -0.2) is 19.6 Å². The molecule has 6 heteroatoms. The lowest BCUT2D eigenvalue weighted by atomic mass is 10.3. The predicted molar refractivity (Wildman–Crippen MR) is 107 cm³/mol. The van der Waals surface area contributed by atoms with Crippen LogP contribution in [0.25, 0.3) is 0 Å². The van der Waals surface area contributed by atoms with Crippen LogP contribution in [-0.2, 0) is 6.54 Å². The summed E-state index contributed by atoms with van der Waals surface area (Å²) < 4.78 is 4.29.